The quantitative estimate of drug-likeness (QED) is 0.855. The van der Waals surface area contributed by atoms with Crippen molar-refractivity contribution in [3.8, 4) is 0 Å². The topological polar surface area (TPSA) is 72.1 Å². The van der Waals surface area contributed by atoms with Gasteiger partial charge in [-0.1, -0.05) is 32.1 Å². The maximum absolute atomic E-state index is 12.0. The molecule has 0 spiro atoms. The number of aromatic nitrogens is 2. The first kappa shape index (κ1) is 12.9. The van der Waals surface area contributed by atoms with Gasteiger partial charge in [-0.25, -0.2) is 0 Å². The Balaban J connectivity index is 2.83. The number of rotatable bonds is 2. The van der Waals surface area contributed by atoms with Crippen LogP contribution in [0.3, 0.4) is 0 Å². The van der Waals surface area contributed by atoms with Gasteiger partial charge in [0, 0.05) is 13.1 Å². The van der Waals surface area contributed by atoms with Gasteiger partial charge in [0.15, 0.2) is 0 Å². The van der Waals surface area contributed by atoms with Crippen LogP contribution in [-0.4, -0.2) is 34.1 Å². The molecule has 1 aromatic heterocycles. The average molecular weight is 242 g/mol. The zero-order valence-electron chi connectivity index (χ0n) is 10.3. The number of carbonyl (C=O) groups is 1. The van der Waals surface area contributed by atoms with Gasteiger partial charge in [-0.3, -0.25) is 4.79 Å². The number of hydrogen-bond acceptors (Lipinski definition) is 5. The fourth-order valence-electron chi connectivity index (χ4n) is 1.23. The molecule has 0 saturated carbocycles. The van der Waals surface area contributed by atoms with Crippen LogP contribution in [0.1, 0.15) is 37.5 Å². The second kappa shape index (κ2) is 4.37. The Morgan fingerprint density at radius 2 is 2.00 bits per heavy atom. The van der Waals surface area contributed by atoms with Gasteiger partial charge < -0.3 is 10.6 Å². The largest absolute Gasteiger partial charge is 0.374 e. The normalized spacial score (nSPS) is 13.6. The molecule has 2 N–H and O–H groups in total. The third kappa shape index (κ3) is 2.69. The summed E-state index contributed by atoms with van der Waals surface area (Å²) in [7, 11) is 1.77. The molecule has 0 bridgehead atoms. The van der Waals surface area contributed by atoms with E-state index in [4.69, 9.17) is 5.73 Å². The number of nitrogen functional groups attached to an aromatic ring is 1. The first-order valence-corrected chi connectivity index (χ1v) is 5.91. The van der Waals surface area contributed by atoms with Gasteiger partial charge in [0.2, 0.25) is 10.1 Å². The van der Waals surface area contributed by atoms with Crippen LogP contribution in [0.5, 0.6) is 0 Å². The van der Waals surface area contributed by atoms with Crippen molar-refractivity contribution in [2.75, 3.05) is 12.8 Å². The summed E-state index contributed by atoms with van der Waals surface area (Å²) in [5.41, 5.74) is 5.48. The minimum Gasteiger partial charge on any atom is -0.374 e. The molecular formula is C10H18N4OS. The molecule has 1 rings (SSSR count). The number of carbonyl (C=O) groups excluding carboxylic acids is 1. The molecule has 0 fully saturated rings. The van der Waals surface area contributed by atoms with Gasteiger partial charge in [0.1, 0.15) is 0 Å². The lowest BCUT2D eigenvalue weighted by Crippen LogP contribution is -2.42. The van der Waals surface area contributed by atoms with E-state index in [2.05, 4.69) is 31.0 Å². The predicted molar refractivity (Wildman–Crippen MR) is 65.3 cm³/mol. The molecular weight excluding hydrogens is 224 g/mol. The van der Waals surface area contributed by atoms with Crippen molar-refractivity contribution in [3.05, 3.63) is 5.01 Å². The lowest BCUT2D eigenvalue weighted by Gasteiger charge is -2.34. The predicted octanol–water partition coefficient (Wildman–Crippen LogP) is 1.63. The number of nitrogens with two attached hydrogens (primary N) is 1. The highest BCUT2D eigenvalue weighted by Crippen LogP contribution is 2.24. The Bertz CT molecular complexity index is 382. The van der Waals surface area contributed by atoms with Crippen LogP contribution in [-0.2, 0) is 0 Å². The Hall–Kier alpha value is -1.17. The minimum atomic E-state index is -0.128. The van der Waals surface area contributed by atoms with E-state index in [-0.39, 0.29) is 17.4 Å². The summed E-state index contributed by atoms with van der Waals surface area (Å²) >= 11 is 1.12. The zero-order valence-corrected chi connectivity index (χ0v) is 11.1. The highest BCUT2D eigenvalue weighted by atomic mass is 32.1. The second-order valence-corrected chi connectivity index (χ2v) is 5.91. The van der Waals surface area contributed by atoms with E-state index in [1.54, 1.807) is 11.9 Å². The Labute approximate surface area is 99.7 Å². The summed E-state index contributed by atoms with van der Waals surface area (Å²) < 4.78 is 0. The van der Waals surface area contributed by atoms with Crippen molar-refractivity contribution in [1.82, 2.24) is 15.1 Å². The molecule has 0 saturated heterocycles. The summed E-state index contributed by atoms with van der Waals surface area (Å²) in [5.74, 6) is -0.128. The van der Waals surface area contributed by atoms with Crippen LogP contribution < -0.4 is 5.73 Å². The van der Waals surface area contributed by atoms with Crippen LogP contribution in [0.4, 0.5) is 5.13 Å². The summed E-state index contributed by atoms with van der Waals surface area (Å²) in [6.07, 6.45) is 0. The summed E-state index contributed by atoms with van der Waals surface area (Å²) in [6.45, 7) is 8.30. The van der Waals surface area contributed by atoms with Crippen molar-refractivity contribution in [2.45, 2.75) is 33.7 Å². The van der Waals surface area contributed by atoms with Crippen molar-refractivity contribution in [2.24, 2.45) is 5.41 Å². The molecule has 0 aliphatic heterocycles. The van der Waals surface area contributed by atoms with Gasteiger partial charge in [0.05, 0.1) is 0 Å². The van der Waals surface area contributed by atoms with E-state index >= 15 is 0 Å². The average Bonchev–Trinajstić information content (AvgIpc) is 2.60. The fourth-order valence-corrected chi connectivity index (χ4v) is 1.82. The summed E-state index contributed by atoms with van der Waals surface area (Å²) in [6, 6.07) is 0.116. The Morgan fingerprint density at radius 1 is 1.44 bits per heavy atom. The van der Waals surface area contributed by atoms with Crippen LogP contribution in [0, 0.1) is 5.41 Å². The van der Waals surface area contributed by atoms with Crippen LogP contribution in [0.2, 0.25) is 0 Å². The second-order valence-electron chi connectivity index (χ2n) is 4.90. The van der Waals surface area contributed by atoms with E-state index < -0.39 is 0 Å². The standard InChI is InChI=1S/C10H18N4OS/c1-6(10(2,3)4)14(5)8(15)7-12-13-9(11)16-7/h6H,1-5H3,(H2,11,13). The number of anilines is 1. The molecule has 0 aromatic carbocycles. The molecule has 1 heterocycles. The van der Waals surface area contributed by atoms with Gasteiger partial charge in [0.25, 0.3) is 5.91 Å². The maximum Gasteiger partial charge on any atom is 0.284 e. The number of nitrogens with zero attached hydrogens (tertiary/aromatic N) is 3. The van der Waals surface area contributed by atoms with Crippen LogP contribution >= 0.6 is 11.3 Å². The lowest BCUT2D eigenvalue weighted by atomic mass is 9.87. The van der Waals surface area contributed by atoms with Crippen molar-refractivity contribution in [1.29, 1.82) is 0 Å². The first-order valence-electron chi connectivity index (χ1n) is 5.09. The Kier molecular flexibility index (Phi) is 3.52. The zero-order chi connectivity index (χ0) is 12.5. The molecule has 1 unspecified atom stereocenters. The monoisotopic (exact) mass is 242 g/mol. The van der Waals surface area contributed by atoms with E-state index in [1.165, 1.54) is 0 Å². The van der Waals surface area contributed by atoms with E-state index in [0.717, 1.165) is 11.3 Å². The smallest absolute Gasteiger partial charge is 0.284 e. The number of amides is 1. The summed E-state index contributed by atoms with van der Waals surface area (Å²) in [4.78, 5) is 13.7. The first-order chi connectivity index (χ1) is 7.23. The molecule has 6 heteroatoms. The molecule has 0 aliphatic rings. The van der Waals surface area contributed by atoms with Crippen LogP contribution in [0.15, 0.2) is 0 Å². The molecule has 0 aliphatic carbocycles. The highest BCUT2D eigenvalue weighted by molar-refractivity contribution is 7.16. The summed E-state index contributed by atoms with van der Waals surface area (Å²) in [5, 5.41) is 8.06. The fraction of sp³-hybridized carbons (Fsp3) is 0.700. The van der Waals surface area contributed by atoms with E-state index in [0.29, 0.717) is 10.1 Å². The van der Waals surface area contributed by atoms with Crippen molar-refractivity contribution >= 4 is 22.4 Å². The van der Waals surface area contributed by atoms with Gasteiger partial charge >= 0.3 is 0 Å². The highest BCUT2D eigenvalue weighted by Gasteiger charge is 2.29. The van der Waals surface area contributed by atoms with E-state index in [1.807, 2.05) is 6.92 Å². The molecule has 16 heavy (non-hydrogen) atoms. The maximum atomic E-state index is 12.0. The molecule has 0 radical (unpaired) electrons. The van der Waals surface area contributed by atoms with Crippen molar-refractivity contribution < 1.29 is 4.79 Å². The van der Waals surface area contributed by atoms with E-state index in [9.17, 15) is 4.79 Å². The van der Waals surface area contributed by atoms with Gasteiger partial charge in [-0.15, -0.1) is 10.2 Å². The Morgan fingerprint density at radius 3 is 2.38 bits per heavy atom. The van der Waals surface area contributed by atoms with Gasteiger partial charge in [-0.05, 0) is 12.3 Å². The minimum absolute atomic E-state index is 0.0284. The molecule has 1 amide bonds. The molecule has 90 valence electrons. The lowest BCUT2D eigenvalue weighted by molar-refractivity contribution is 0.0628. The third-order valence-electron chi connectivity index (χ3n) is 2.78. The molecule has 1 atom stereocenters. The van der Waals surface area contributed by atoms with Gasteiger partial charge in [-0.2, -0.15) is 0 Å². The SMILES string of the molecule is CC(N(C)C(=O)c1nnc(N)s1)C(C)(C)C. The molecule has 1 aromatic rings. The van der Waals surface area contributed by atoms with Crippen molar-refractivity contribution in [3.63, 3.8) is 0 Å². The number of hydrogen-bond donors (Lipinski definition) is 1. The molecule has 5 nitrogen and oxygen atoms in total. The third-order valence-corrected chi connectivity index (χ3v) is 3.52. The van der Waals surface area contributed by atoms with Crippen LogP contribution in [0.25, 0.3) is 0 Å².